The highest BCUT2D eigenvalue weighted by Gasteiger charge is 2.29. The highest BCUT2D eigenvalue weighted by atomic mass is 32.2. The molecule has 1 aromatic carbocycles. The summed E-state index contributed by atoms with van der Waals surface area (Å²) in [5.41, 5.74) is 1.65. The van der Waals surface area contributed by atoms with Crippen molar-refractivity contribution < 1.29 is 22.1 Å². The number of halogens is 2. The Morgan fingerprint density at radius 2 is 2.14 bits per heavy atom. The zero-order chi connectivity index (χ0) is 16.3. The van der Waals surface area contributed by atoms with Gasteiger partial charge in [-0.25, -0.2) is 13.4 Å². The largest absolute Gasteiger partial charge is 0.374 e. The van der Waals surface area contributed by atoms with Gasteiger partial charge < -0.3 is 5.32 Å². The van der Waals surface area contributed by atoms with Gasteiger partial charge in [0.15, 0.2) is 0 Å². The Labute approximate surface area is 127 Å². The molecule has 0 aliphatic heterocycles. The molecule has 0 radical (unpaired) electrons. The molecule has 2 aromatic rings. The fourth-order valence-electron chi connectivity index (χ4n) is 1.60. The lowest BCUT2D eigenvalue weighted by molar-refractivity contribution is -0.384. The number of sulfone groups is 1. The summed E-state index contributed by atoms with van der Waals surface area (Å²) >= 11 is 1.35. The lowest BCUT2D eigenvalue weighted by atomic mass is 10.2. The zero-order valence-electron chi connectivity index (χ0n) is 10.8. The van der Waals surface area contributed by atoms with Crippen molar-refractivity contribution in [2.45, 2.75) is 17.2 Å². The monoisotopic (exact) mass is 349 g/mol. The molecule has 7 nitrogen and oxygen atoms in total. The van der Waals surface area contributed by atoms with Crippen LogP contribution >= 0.6 is 11.3 Å². The first-order valence-electron chi connectivity index (χ1n) is 5.74. The zero-order valence-corrected chi connectivity index (χ0v) is 12.4. The molecular formula is C11H9F2N3O4S2. The van der Waals surface area contributed by atoms with Gasteiger partial charge in [0.1, 0.15) is 5.69 Å². The van der Waals surface area contributed by atoms with Crippen molar-refractivity contribution in [1.82, 2.24) is 4.98 Å². The van der Waals surface area contributed by atoms with Gasteiger partial charge in [0, 0.05) is 11.4 Å². The highest BCUT2D eigenvalue weighted by molar-refractivity contribution is 7.91. The molecule has 0 fully saturated rings. The molecule has 0 saturated heterocycles. The maximum absolute atomic E-state index is 12.5. The van der Waals surface area contributed by atoms with Crippen LogP contribution in [-0.4, -0.2) is 24.1 Å². The predicted octanol–water partition coefficient (Wildman–Crippen LogP) is 2.66. The highest BCUT2D eigenvalue weighted by Crippen LogP contribution is 2.30. The maximum Gasteiger partial charge on any atom is 0.341 e. The van der Waals surface area contributed by atoms with Crippen molar-refractivity contribution in [3.63, 3.8) is 0 Å². The average molecular weight is 349 g/mol. The molecule has 0 spiro atoms. The van der Waals surface area contributed by atoms with Gasteiger partial charge in [-0.2, -0.15) is 8.78 Å². The van der Waals surface area contributed by atoms with Crippen LogP contribution in [0.4, 0.5) is 20.2 Å². The van der Waals surface area contributed by atoms with Crippen LogP contribution in [0.25, 0.3) is 0 Å². The minimum atomic E-state index is -4.88. The number of alkyl halides is 2. The number of nitrogens with one attached hydrogen (secondary N) is 1. The van der Waals surface area contributed by atoms with E-state index in [1.54, 1.807) is 10.9 Å². The van der Waals surface area contributed by atoms with E-state index in [2.05, 4.69) is 10.3 Å². The standard InChI is InChI=1S/C11H9F2N3O4S2/c12-11(13)22(19,20)8-1-2-9(10(3-8)16(17)18)14-4-7-5-21-6-15-7/h1-3,5-6,11,14H,4H2. The van der Waals surface area contributed by atoms with Gasteiger partial charge in [-0.1, -0.05) is 0 Å². The minimum absolute atomic E-state index is 0.0196. The molecule has 0 atom stereocenters. The molecule has 2 rings (SSSR count). The smallest absolute Gasteiger partial charge is 0.341 e. The quantitative estimate of drug-likeness (QED) is 0.635. The Balaban J connectivity index is 2.34. The van der Waals surface area contributed by atoms with E-state index < -0.39 is 31.1 Å². The number of thiazole rings is 1. The summed E-state index contributed by atoms with van der Waals surface area (Å²) in [4.78, 5) is 13.3. The van der Waals surface area contributed by atoms with E-state index in [4.69, 9.17) is 0 Å². The lowest BCUT2D eigenvalue weighted by Crippen LogP contribution is -2.12. The van der Waals surface area contributed by atoms with Crippen molar-refractivity contribution in [1.29, 1.82) is 0 Å². The summed E-state index contributed by atoms with van der Waals surface area (Å²) in [6.45, 7) is 0.186. The Hall–Kier alpha value is -2.14. The summed E-state index contributed by atoms with van der Waals surface area (Å²) in [7, 11) is -4.88. The van der Waals surface area contributed by atoms with Crippen LogP contribution in [0.5, 0.6) is 0 Å². The van der Waals surface area contributed by atoms with E-state index in [-0.39, 0.29) is 12.2 Å². The molecule has 1 N–H and O–H groups in total. The maximum atomic E-state index is 12.5. The average Bonchev–Trinajstić information content (AvgIpc) is 2.97. The first-order valence-corrected chi connectivity index (χ1v) is 8.22. The number of nitro benzene ring substituents is 1. The first kappa shape index (κ1) is 16.2. The Bertz CT molecular complexity index is 779. The number of hydrogen-bond acceptors (Lipinski definition) is 7. The normalized spacial score (nSPS) is 11.6. The van der Waals surface area contributed by atoms with Gasteiger partial charge >= 0.3 is 5.76 Å². The molecule has 22 heavy (non-hydrogen) atoms. The van der Waals surface area contributed by atoms with E-state index >= 15 is 0 Å². The molecular weight excluding hydrogens is 340 g/mol. The number of rotatable bonds is 6. The van der Waals surface area contributed by atoms with Crippen molar-refractivity contribution >= 4 is 32.5 Å². The molecule has 0 bridgehead atoms. The molecule has 1 heterocycles. The molecule has 0 aliphatic rings. The van der Waals surface area contributed by atoms with E-state index in [9.17, 15) is 27.3 Å². The van der Waals surface area contributed by atoms with Crippen molar-refractivity contribution in [3.05, 3.63) is 44.9 Å². The lowest BCUT2D eigenvalue weighted by Gasteiger charge is -2.08. The van der Waals surface area contributed by atoms with Crippen molar-refractivity contribution in [2.24, 2.45) is 0 Å². The third kappa shape index (κ3) is 3.36. The summed E-state index contributed by atoms with van der Waals surface area (Å²) in [5, 5.41) is 15.5. The van der Waals surface area contributed by atoms with Crippen molar-refractivity contribution in [2.75, 3.05) is 5.32 Å². The second kappa shape index (κ2) is 6.32. The van der Waals surface area contributed by atoms with E-state index in [1.165, 1.54) is 11.3 Å². The third-order valence-corrected chi connectivity index (χ3v) is 4.69. The Kier molecular flexibility index (Phi) is 4.66. The van der Waals surface area contributed by atoms with Crippen LogP contribution in [0.3, 0.4) is 0 Å². The number of anilines is 1. The van der Waals surface area contributed by atoms with E-state index in [0.29, 0.717) is 11.8 Å². The summed E-state index contributed by atoms with van der Waals surface area (Å²) < 4.78 is 47.7. The topological polar surface area (TPSA) is 102 Å². The molecule has 118 valence electrons. The summed E-state index contributed by atoms with van der Waals surface area (Å²) in [5.74, 6) is -3.64. The fourth-order valence-corrected chi connectivity index (χ4v) is 2.90. The number of aromatic nitrogens is 1. The van der Waals surface area contributed by atoms with Crippen LogP contribution in [0.1, 0.15) is 5.69 Å². The van der Waals surface area contributed by atoms with E-state index in [0.717, 1.165) is 12.1 Å². The van der Waals surface area contributed by atoms with Gasteiger partial charge in [0.2, 0.25) is 9.84 Å². The van der Waals surface area contributed by atoms with Gasteiger partial charge in [-0.3, -0.25) is 10.1 Å². The van der Waals surface area contributed by atoms with Crippen LogP contribution in [0.2, 0.25) is 0 Å². The minimum Gasteiger partial charge on any atom is -0.374 e. The van der Waals surface area contributed by atoms with Gasteiger partial charge in [0.25, 0.3) is 5.69 Å². The van der Waals surface area contributed by atoms with Gasteiger partial charge in [-0.05, 0) is 12.1 Å². The number of benzene rings is 1. The molecule has 0 unspecified atom stereocenters. The predicted molar refractivity (Wildman–Crippen MR) is 75.7 cm³/mol. The molecule has 1 aromatic heterocycles. The van der Waals surface area contributed by atoms with Crippen LogP contribution in [0.15, 0.2) is 34.0 Å². The Morgan fingerprint density at radius 3 is 2.68 bits per heavy atom. The SMILES string of the molecule is O=[N+]([O-])c1cc(S(=O)(=O)C(F)F)ccc1NCc1cscn1. The second-order valence-electron chi connectivity index (χ2n) is 4.08. The molecule has 0 aliphatic carbocycles. The number of nitrogens with zero attached hydrogens (tertiary/aromatic N) is 2. The van der Waals surface area contributed by atoms with Crippen molar-refractivity contribution in [3.8, 4) is 0 Å². The summed E-state index contributed by atoms with van der Waals surface area (Å²) in [6.07, 6.45) is 0. The number of hydrogen-bond donors (Lipinski definition) is 1. The number of nitro groups is 1. The molecule has 0 saturated carbocycles. The fraction of sp³-hybridized carbons (Fsp3) is 0.182. The van der Waals surface area contributed by atoms with Gasteiger partial charge in [0.05, 0.1) is 27.6 Å². The molecule has 0 amide bonds. The Morgan fingerprint density at radius 1 is 1.41 bits per heavy atom. The van der Waals surface area contributed by atoms with Crippen LogP contribution in [0, 0.1) is 10.1 Å². The third-order valence-electron chi connectivity index (χ3n) is 2.67. The van der Waals surface area contributed by atoms with Gasteiger partial charge in [-0.15, -0.1) is 11.3 Å². The first-order chi connectivity index (χ1) is 10.3. The van der Waals surface area contributed by atoms with Crippen LogP contribution < -0.4 is 5.32 Å². The van der Waals surface area contributed by atoms with E-state index in [1.807, 2.05) is 0 Å². The second-order valence-corrected chi connectivity index (χ2v) is 6.71. The van der Waals surface area contributed by atoms with Crippen LogP contribution in [-0.2, 0) is 16.4 Å². The molecule has 11 heteroatoms. The summed E-state index contributed by atoms with van der Waals surface area (Å²) in [6, 6.07) is 2.60.